The zero-order valence-corrected chi connectivity index (χ0v) is 11.0. The molecule has 3 nitrogen and oxygen atoms in total. The van der Waals surface area contributed by atoms with Gasteiger partial charge in [-0.05, 0) is 61.4 Å². The molecular weight excluding hydrogens is 224 g/mol. The molecule has 98 valence electrons. The standard InChI is InChI=1S/C15H22N2O/c1-11(10-16)5-8-15(18)17-14-7-6-12-3-2-4-13(12)9-14/h6-7,9,11H,2-5,8,10,16H2,1H3,(H,17,18). The molecule has 1 aliphatic carbocycles. The molecule has 0 heterocycles. The van der Waals surface area contributed by atoms with Gasteiger partial charge in [-0.3, -0.25) is 4.79 Å². The van der Waals surface area contributed by atoms with Crippen molar-refractivity contribution in [3.8, 4) is 0 Å². The molecule has 1 amide bonds. The van der Waals surface area contributed by atoms with Crippen LogP contribution in [0.4, 0.5) is 5.69 Å². The maximum absolute atomic E-state index is 11.8. The van der Waals surface area contributed by atoms with E-state index in [1.165, 1.54) is 24.0 Å². The third-order valence-corrected chi connectivity index (χ3v) is 3.65. The van der Waals surface area contributed by atoms with Crippen molar-refractivity contribution in [2.45, 2.75) is 39.0 Å². The van der Waals surface area contributed by atoms with Crippen LogP contribution < -0.4 is 11.1 Å². The highest BCUT2D eigenvalue weighted by Crippen LogP contribution is 2.25. The number of hydrogen-bond acceptors (Lipinski definition) is 2. The SMILES string of the molecule is CC(CN)CCC(=O)Nc1ccc2c(c1)CCC2. The summed E-state index contributed by atoms with van der Waals surface area (Å²) in [6, 6.07) is 6.27. The predicted octanol–water partition coefficient (Wildman–Crippen LogP) is 2.49. The fraction of sp³-hybridized carbons (Fsp3) is 0.533. The topological polar surface area (TPSA) is 55.1 Å². The second-order valence-electron chi connectivity index (χ2n) is 5.26. The molecule has 18 heavy (non-hydrogen) atoms. The number of hydrogen-bond donors (Lipinski definition) is 2. The van der Waals surface area contributed by atoms with Crippen molar-refractivity contribution in [2.75, 3.05) is 11.9 Å². The van der Waals surface area contributed by atoms with Gasteiger partial charge in [-0.1, -0.05) is 13.0 Å². The minimum atomic E-state index is 0.0910. The average molecular weight is 246 g/mol. The van der Waals surface area contributed by atoms with Gasteiger partial charge in [0.1, 0.15) is 0 Å². The number of nitrogens with two attached hydrogens (primary N) is 1. The van der Waals surface area contributed by atoms with Crippen LogP contribution in [0.3, 0.4) is 0 Å². The summed E-state index contributed by atoms with van der Waals surface area (Å²) in [5.74, 6) is 0.504. The first-order valence-corrected chi connectivity index (χ1v) is 6.80. The molecule has 3 heteroatoms. The molecule has 0 bridgehead atoms. The van der Waals surface area contributed by atoms with Gasteiger partial charge in [-0.25, -0.2) is 0 Å². The first kappa shape index (κ1) is 13.1. The lowest BCUT2D eigenvalue weighted by molar-refractivity contribution is -0.116. The second-order valence-corrected chi connectivity index (χ2v) is 5.26. The van der Waals surface area contributed by atoms with E-state index >= 15 is 0 Å². The van der Waals surface area contributed by atoms with E-state index in [4.69, 9.17) is 5.73 Å². The first-order valence-electron chi connectivity index (χ1n) is 6.80. The molecule has 1 atom stereocenters. The Morgan fingerprint density at radius 1 is 1.39 bits per heavy atom. The summed E-state index contributed by atoms with van der Waals surface area (Å²) < 4.78 is 0. The highest BCUT2D eigenvalue weighted by molar-refractivity contribution is 5.90. The number of aryl methyl sites for hydroxylation is 2. The number of nitrogens with one attached hydrogen (secondary N) is 1. The van der Waals surface area contributed by atoms with E-state index in [9.17, 15) is 4.79 Å². The average Bonchev–Trinajstić information content (AvgIpc) is 2.83. The molecule has 0 aromatic heterocycles. The Hall–Kier alpha value is -1.35. The summed E-state index contributed by atoms with van der Waals surface area (Å²) >= 11 is 0. The number of anilines is 1. The summed E-state index contributed by atoms with van der Waals surface area (Å²) in [7, 11) is 0. The van der Waals surface area contributed by atoms with Crippen LogP contribution in [0.1, 0.15) is 37.3 Å². The van der Waals surface area contributed by atoms with E-state index in [1.807, 2.05) is 6.07 Å². The van der Waals surface area contributed by atoms with Gasteiger partial charge in [0.2, 0.25) is 5.91 Å². The van der Waals surface area contributed by atoms with Crippen molar-refractivity contribution >= 4 is 11.6 Å². The van der Waals surface area contributed by atoms with Crippen LogP contribution in [0, 0.1) is 5.92 Å². The maximum Gasteiger partial charge on any atom is 0.224 e. The van der Waals surface area contributed by atoms with Crippen LogP contribution in [0.15, 0.2) is 18.2 Å². The van der Waals surface area contributed by atoms with Crippen LogP contribution in [0.25, 0.3) is 0 Å². The zero-order chi connectivity index (χ0) is 13.0. The van der Waals surface area contributed by atoms with Crippen molar-refractivity contribution < 1.29 is 4.79 Å². The van der Waals surface area contributed by atoms with Crippen molar-refractivity contribution in [1.82, 2.24) is 0 Å². The largest absolute Gasteiger partial charge is 0.330 e. The fourth-order valence-corrected chi connectivity index (χ4v) is 2.37. The molecule has 1 aliphatic rings. The normalized spacial score (nSPS) is 15.2. The highest BCUT2D eigenvalue weighted by Gasteiger charge is 2.12. The Balaban J connectivity index is 1.87. The van der Waals surface area contributed by atoms with Gasteiger partial charge >= 0.3 is 0 Å². The zero-order valence-electron chi connectivity index (χ0n) is 11.0. The molecule has 2 rings (SSSR count). The van der Waals surface area contributed by atoms with Gasteiger partial charge in [-0.15, -0.1) is 0 Å². The number of carbonyl (C=O) groups is 1. The van der Waals surface area contributed by atoms with Crippen molar-refractivity contribution in [3.05, 3.63) is 29.3 Å². The Labute approximate surface area is 109 Å². The Kier molecular flexibility index (Phi) is 4.37. The third kappa shape index (κ3) is 3.33. The molecule has 0 aliphatic heterocycles. The summed E-state index contributed by atoms with van der Waals surface area (Å²) in [6.07, 6.45) is 4.96. The van der Waals surface area contributed by atoms with Crippen LogP contribution in [-0.4, -0.2) is 12.5 Å². The van der Waals surface area contributed by atoms with Gasteiger partial charge in [0.15, 0.2) is 0 Å². The summed E-state index contributed by atoms with van der Waals surface area (Å²) in [5.41, 5.74) is 9.30. The molecule has 3 N–H and O–H groups in total. The van der Waals surface area contributed by atoms with E-state index in [0.29, 0.717) is 18.9 Å². The minimum Gasteiger partial charge on any atom is -0.330 e. The summed E-state index contributed by atoms with van der Waals surface area (Å²) in [4.78, 5) is 11.8. The van der Waals surface area contributed by atoms with Gasteiger partial charge in [0.25, 0.3) is 0 Å². The van der Waals surface area contributed by atoms with Gasteiger partial charge in [0.05, 0.1) is 0 Å². The lowest BCUT2D eigenvalue weighted by atomic mass is 10.1. The lowest BCUT2D eigenvalue weighted by Gasteiger charge is -2.09. The summed E-state index contributed by atoms with van der Waals surface area (Å²) in [6.45, 7) is 2.72. The van der Waals surface area contributed by atoms with Gasteiger partial charge in [0, 0.05) is 12.1 Å². The Bertz CT molecular complexity index is 429. The van der Waals surface area contributed by atoms with Crippen molar-refractivity contribution in [1.29, 1.82) is 0 Å². The van der Waals surface area contributed by atoms with Gasteiger partial charge in [-0.2, -0.15) is 0 Å². The smallest absolute Gasteiger partial charge is 0.224 e. The highest BCUT2D eigenvalue weighted by atomic mass is 16.1. The van der Waals surface area contributed by atoms with Crippen LogP contribution in [0.2, 0.25) is 0 Å². The van der Waals surface area contributed by atoms with Crippen molar-refractivity contribution in [2.24, 2.45) is 11.7 Å². The van der Waals surface area contributed by atoms with E-state index < -0.39 is 0 Å². The molecule has 0 spiro atoms. The van der Waals surface area contributed by atoms with Crippen LogP contribution >= 0.6 is 0 Å². The third-order valence-electron chi connectivity index (χ3n) is 3.65. The number of rotatable bonds is 5. The molecule has 0 fully saturated rings. The molecule has 1 aromatic carbocycles. The van der Waals surface area contributed by atoms with E-state index in [0.717, 1.165) is 18.5 Å². The number of carbonyl (C=O) groups excluding carboxylic acids is 1. The molecule has 1 aromatic rings. The molecule has 0 saturated heterocycles. The van der Waals surface area contributed by atoms with Crippen LogP contribution in [-0.2, 0) is 17.6 Å². The van der Waals surface area contributed by atoms with E-state index in [1.54, 1.807) is 0 Å². The lowest BCUT2D eigenvalue weighted by Crippen LogP contribution is -2.16. The molecular formula is C15H22N2O. The second kappa shape index (κ2) is 6.01. The number of amides is 1. The first-order chi connectivity index (χ1) is 8.69. The monoisotopic (exact) mass is 246 g/mol. The van der Waals surface area contributed by atoms with E-state index in [2.05, 4.69) is 24.4 Å². The fourth-order valence-electron chi connectivity index (χ4n) is 2.37. The van der Waals surface area contributed by atoms with Gasteiger partial charge < -0.3 is 11.1 Å². The minimum absolute atomic E-state index is 0.0910. The molecule has 1 unspecified atom stereocenters. The number of fused-ring (bicyclic) bond motifs is 1. The molecule has 0 saturated carbocycles. The summed E-state index contributed by atoms with van der Waals surface area (Å²) in [5, 5.41) is 2.97. The predicted molar refractivity (Wildman–Crippen MR) is 74.5 cm³/mol. The Morgan fingerprint density at radius 2 is 2.17 bits per heavy atom. The number of benzene rings is 1. The molecule has 0 radical (unpaired) electrons. The Morgan fingerprint density at radius 3 is 2.94 bits per heavy atom. The maximum atomic E-state index is 11.8. The van der Waals surface area contributed by atoms with Crippen LogP contribution in [0.5, 0.6) is 0 Å². The quantitative estimate of drug-likeness (QED) is 0.838. The van der Waals surface area contributed by atoms with Crippen molar-refractivity contribution in [3.63, 3.8) is 0 Å². The van der Waals surface area contributed by atoms with E-state index in [-0.39, 0.29) is 5.91 Å².